The Labute approximate surface area is 46.5 Å². The molecule has 6 heavy (non-hydrogen) atoms. The normalized spacial score (nSPS) is 27.3. The molecule has 0 aliphatic carbocycles. The third-order valence-corrected chi connectivity index (χ3v) is 4.22. The number of rotatable bonds is 0. The molecule has 0 atom stereocenters. The first-order chi connectivity index (χ1) is 2.71. The molecular formula is C2H4FeNS2. The zero-order chi connectivity index (χ0) is 4.62. The molecule has 1 nitrogen and oxygen atoms in total. The van der Waals surface area contributed by atoms with Crippen LogP contribution in [0.3, 0.4) is 0 Å². The molecule has 0 radical (unpaired) electrons. The van der Waals surface area contributed by atoms with E-state index >= 15 is 0 Å². The van der Waals surface area contributed by atoms with Gasteiger partial charge in [0.05, 0.1) is 0 Å². The summed E-state index contributed by atoms with van der Waals surface area (Å²) in [7, 11) is 8.15. The molecule has 4 heteroatoms. The van der Waals surface area contributed by atoms with E-state index in [-0.39, 0.29) is 0 Å². The second kappa shape index (κ2) is 1.37. The van der Waals surface area contributed by atoms with Crippen LogP contribution in [0, 0.1) is 0 Å². The van der Waals surface area contributed by atoms with Gasteiger partial charge in [-0.1, -0.05) is 0 Å². The summed E-state index contributed by atoms with van der Waals surface area (Å²) in [6.07, 6.45) is 0. The van der Waals surface area contributed by atoms with E-state index in [1.165, 1.54) is 0 Å². The fourth-order valence-electron chi connectivity index (χ4n) is 0.208. The Morgan fingerprint density at radius 1 is 1.50 bits per heavy atom. The first kappa shape index (κ1) is 4.91. The van der Waals surface area contributed by atoms with E-state index < -0.39 is 9.39 Å². The van der Waals surface area contributed by atoms with Crippen molar-refractivity contribution in [3.05, 3.63) is 0 Å². The van der Waals surface area contributed by atoms with Crippen LogP contribution >= 0.6 is 21.1 Å². The maximum atomic E-state index is 4.85. The van der Waals surface area contributed by atoms with Crippen LogP contribution in [0.4, 0.5) is 0 Å². The summed E-state index contributed by atoms with van der Waals surface area (Å²) in [5.74, 6) is 0. The van der Waals surface area contributed by atoms with Crippen molar-refractivity contribution in [1.29, 1.82) is 0 Å². The molecule has 37 valence electrons. The Hall–Kier alpha value is 0.759. The Balaban J connectivity index is 3.40. The molecule has 0 N–H and O–H groups in total. The summed E-state index contributed by atoms with van der Waals surface area (Å²) in [6, 6.07) is 0. The molecule has 0 fully saturated rings. The van der Waals surface area contributed by atoms with E-state index in [0.717, 1.165) is 11.9 Å². The van der Waals surface area contributed by atoms with Gasteiger partial charge in [0.2, 0.25) is 0 Å². The van der Waals surface area contributed by atoms with Crippen LogP contribution in [-0.4, -0.2) is 6.54 Å². The topological polar surface area (TPSA) is 12.4 Å². The fraction of sp³-hybridized carbons (Fsp3) is 1.00. The van der Waals surface area contributed by atoms with Crippen LogP contribution in [0.15, 0.2) is 3.96 Å². The van der Waals surface area contributed by atoms with Gasteiger partial charge in [0.1, 0.15) is 0 Å². The molecule has 0 aromatic heterocycles. The summed E-state index contributed by atoms with van der Waals surface area (Å²) in [5.41, 5.74) is 0. The zero-order valence-corrected chi connectivity index (χ0v) is 5.77. The van der Waals surface area contributed by atoms with Gasteiger partial charge >= 0.3 is 46.3 Å². The van der Waals surface area contributed by atoms with Gasteiger partial charge in [-0.2, -0.15) is 0 Å². The predicted molar refractivity (Wildman–Crippen MR) is 27.3 cm³/mol. The van der Waals surface area contributed by atoms with Gasteiger partial charge in [-0.25, -0.2) is 0 Å². The van der Waals surface area contributed by atoms with Crippen LogP contribution in [0.5, 0.6) is 0 Å². The van der Waals surface area contributed by atoms with Gasteiger partial charge in [0, 0.05) is 0 Å². The first-order valence-electron chi connectivity index (χ1n) is 1.51. The molecular weight excluding hydrogens is 158 g/mol. The van der Waals surface area contributed by atoms with E-state index in [0.29, 0.717) is 0 Å². The molecule has 1 aliphatic rings. The molecule has 0 spiro atoms. The number of nitrogens with zero attached hydrogens (tertiary/aromatic N) is 1. The van der Waals surface area contributed by atoms with Crippen molar-refractivity contribution in [3.8, 4) is 0 Å². The van der Waals surface area contributed by atoms with E-state index in [4.69, 9.17) is 21.1 Å². The molecule has 0 amide bonds. The summed E-state index contributed by atoms with van der Waals surface area (Å²) in [5, 5.41) is 1.04. The summed E-state index contributed by atoms with van der Waals surface area (Å²) in [6.45, 7) is 0.938. The van der Waals surface area contributed by atoms with Crippen molar-refractivity contribution >= 4 is 21.1 Å². The molecule has 1 heterocycles. The van der Waals surface area contributed by atoms with Gasteiger partial charge in [0.25, 0.3) is 0 Å². The summed E-state index contributed by atoms with van der Waals surface area (Å²) >= 11 is 0. The van der Waals surface area contributed by atoms with Crippen molar-refractivity contribution in [2.75, 3.05) is 6.54 Å². The van der Waals surface area contributed by atoms with Crippen LogP contribution in [-0.2, 0) is 9.39 Å². The quantitative estimate of drug-likeness (QED) is 0.505. The summed E-state index contributed by atoms with van der Waals surface area (Å²) in [4.78, 5) is 0. The molecule has 0 saturated carbocycles. The zero-order valence-electron chi connectivity index (χ0n) is 3.03. The monoisotopic (exact) mass is 162 g/mol. The second-order valence-corrected chi connectivity index (χ2v) is 8.18. The predicted octanol–water partition coefficient (Wildman–Crippen LogP) is 1.98. The van der Waals surface area contributed by atoms with Crippen molar-refractivity contribution < 1.29 is 9.39 Å². The molecule has 0 aromatic carbocycles. The number of hydrogen-bond acceptors (Lipinski definition) is 3. The average Bonchev–Trinajstić information content (AvgIpc) is 1.32. The molecule has 0 saturated heterocycles. The minimum atomic E-state index is -1.54. The van der Waals surface area contributed by atoms with Gasteiger partial charge in [-0.05, 0) is 0 Å². The van der Waals surface area contributed by atoms with E-state index in [2.05, 4.69) is 3.96 Å². The minimum absolute atomic E-state index is 0.938. The van der Waals surface area contributed by atoms with Crippen LogP contribution in [0.2, 0.25) is 5.32 Å². The molecule has 0 bridgehead atoms. The SMILES string of the molecule is [S]=[Fe]1(=[S])=[N]C[CH2]1. The summed E-state index contributed by atoms with van der Waals surface area (Å²) < 4.78 is 3.96. The van der Waals surface area contributed by atoms with Gasteiger partial charge in [-0.3, -0.25) is 0 Å². The third-order valence-electron chi connectivity index (χ3n) is 0.552. The van der Waals surface area contributed by atoms with Crippen LogP contribution in [0.25, 0.3) is 0 Å². The van der Waals surface area contributed by atoms with Gasteiger partial charge in [-0.15, -0.1) is 0 Å². The third kappa shape index (κ3) is 0.877. The van der Waals surface area contributed by atoms with E-state index in [9.17, 15) is 0 Å². The Bertz CT molecular complexity index is 198. The van der Waals surface area contributed by atoms with Crippen molar-refractivity contribution in [3.63, 3.8) is 0 Å². The number of hydrogen-bond donors (Lipinski definition) is 0. The Morgan fingerprint density at radius 2 is 1.83 bits per heavy atom. The van der Waals surface area contributed by atoms with Crippen LogP contribution < -0.4 is 0 Å². The molecule has 1 rings (SSSR count). The van der Waals surface area contributed by atoms with Gasteiger partial charge < -0.3 is 0 Å². The average molecular weight is 162 g/mol. The van der Waals surface area contributed by atoms with Crippen molar-refractivity contribution in [1.82, 2.24) is 0 Å². The van der Waals surface area contributed by atoms with E-state index in [1.807, 2.05) is 0 Å². The fourth-order valence-corrected chi connectivity index (χ4v) is 1.92. The van der Waals surface area contributed by atoms with Crippen molar-refractivity contribution in [2.24, 2.45) is 3.96 Å². The standard InChI is InChI=1S/C2H4N.Fe.2S/c1-2-3;;;/h1-2H2;;;. The molecule has 0 unspecified atom stereocenters. The Kier molecular flexibility index (Phi) is 1.12. The molecule has 1 aliphatic heterocycles. The Morgan fingerprint density at radius 3 is 1.83 bits per heavy atom. The second-order valence-electron chi connectivity index (χ2n) is 1.02. The molecule has 0 aromatic rings. The van der Waals surface area contributed by atoms with Gasteiger partial charge in [0.15, 0.2) is 0 Å². The van der Waals surface area contributed by atoms with Crippen LogP contribution in [0.1, 0.15) is 0 Å². The van der Waals surface area contributed by atoms with E-state index in [1.54, 1.807) is 0 Å². The maximum absolute atomic E-state index is 4.85. The first-order valence-corrected chi connectivity index (χ1v) is 6.07. The van der Waals surface area contributed by atoms with Crippen molar-refractivity contribution in [2.45, 2.75) is 5.32 Å².